The van der Waals surface area contributed by atoms with Crippen LogP contribution in [0.3, 0.4) is 0 Å². The van der Waals surface area contributed by atoms with E-state index < -0.39 is 23.1 Å². The minimum Gasteiger partial charge on any atom is -0.496 e. The van der Waals surface area contributed by atoms with E-state index in [1.165, 1.54) is 19.6 Å². The average Bonchev–Trinajstić information content (AvgIpc) is 2.93. The summed E-state index contributed by atoms with van der Waals surface area (Å²) in [7, 11) is 1.38. The average molecular weight is 557 g/mol. The Morgan fingerprint density at radius 2 is 1.68 bits per heavy atom. The molecule has 3 fully saturated rings. The van der Waals surface area contributed by atoms with E-state index in [2.05, 4.69) is 29.7 Å². The third-order valence-electron chi connectivity index (χ3n) is 9.94. The first-order valence-electron chi connectivity index (χ1n) is 14.6. The standard InChI is InChI=1S/C31H41FN2O6/c1-30(11-4-12-30)17-33-28(36)25-18-5-7-19(8-6-18)26(25)34-27(35)21-15-24(22(32)16-23(21)39-3)40-20-9-13-31(2,14-10-20)29(37)38/h5,7,15-16,18-20,25-26H,4,6,8-14,17H2,1-3H3,(H,33,36)(H,34,35)(H,37,38)/t18-,19+,20?,25-,26+,31?/m1/s1. The number of carboxylic acids is 1. The van der Waals surface area contributed by atoms with Crippen molar-refractivity contribution in [3.8, 4) is 11.5 Å². The van der Waals surface area contributed by atoms with Gasteiger partial charge in [-0.1, -0.05) is 25.5 Å². The van der Waals surface area contributed by atoms with Crippen LogP contribution in [0.15, 0.2) is 24.3 Å². The lowest BCUT2D eigenvalue weighted by Gasteiger charge is -2.45. The van der Waals surface area contributed by atoms with E-state index >= 15 is 0 Å². The lowest BCUT2D eigenvalue weighted by atomic mass is 9.65. The fourth-order valence-corrected chi connectivity index (χ4v) is 6.86. The maximum atomic E-state index is 15.0. The van der Waals surface area contributed by atoms with Gasteiger partial charge in [-0.3, -0.25) is 14.4 Å². The van der Waals surface area contributed by atoms with E-state index in [1.54, 1.807) is 6.92 Å². The summed E-state index contributed by atoms with van der Waals surface area (Å²) < 4.78 is 26.3. The molecule has 3 N–H and O–H groups in total. The second-order valence-electron chi connectivity index (χ2n) is 12.9. The molecule has 0 aliphatic heterocycles. The molecule has 0 spiro atoms. The number of carbonyl (C=O) groups excluding carboxylic acids is 2. The summed E-state index contributed by atoms with van der Waals surface area (Å²) in [5.74, 6) is -2.22. The molecule has 8 nitrogen and oxygen atoms in total. The second-order valence-corrected chi connectivity index (χ2v) is 12.9. The van der Waals surface area contributed by atoms with Gasteiger partial charge in [-0.2, -0.15) is 0 Å². The summed E-state index contributed by atoms with van der Waals surface area (Å²) in [4.78, 5) is 38.6. The predicted octanol–water partition coefficient (Wildman–Crippen LogP) is 4.86. The number of allylic oxidation sites excluding steroid dienone is 1. The molecule has 0 aromatic heterocycles. The zero-order valence-corrected chi connectivity index (χ0v) is 23.6. The van der Waals surface area contributed by atoms with Crippen LogP contribution in [0.4, 0.5) is 4.39 Å². The number of amides is 2. The SMILES string of the molecule is COc1cc(F)c(OC2CCC(C)(C(=O)O)CC2)cc1C(=O)N[C@@H]1[C@H](C(=O)NCC2(C)CCC2)[C@@H]2C=C[C@H]1CC2. The van der Waals surface area contributed by atoms with Crippen molar-refractivity contribution in [3.63, 3.8) is 0 Å². The molecule has 2 amide bonds. The number of hydrogen-bond donors (Lipinski definition) is 3. The maximum absolute atomic E-state index is 15.0. The number of halogens is 1. The molecule has 0 radical (unpaired) electrons. The van der Waals surface area contributed by atoms with Crippen molar-refractivity contribution in [1.29, 1.82) is 0 Å². The van der Waals surface area contributed by atoms with Crippen molar-refractivity contribution < 1.29 is 33.4 Å². The first-order chi connectivity index (χ1) is 19.0. The number of rotatable bonds is 9. The Bertz CT molecular complexity index is 1190. The molecule has 3 saturated carbocycles. The maximum Gasteiger partial charge on any atom is 0.309 e. The molecule has 0 unspecified atom stereocenters. The molecule has 5 aliphatic carbocycles. The van der Waals surface area contributed by atoms with Crippen molar-refractivity contribution >= 4 is 17.8 Å². The number of hydrogen-bond acceptors (Lipinski definition) is 5. The van der Waals surface area contributed by atoms with Crippen LogP contribution in [-0.2, 0) is 9.59 Å². The Hall–Kier alpha value is -3.10. The topological polar surface area (TPSA) is 114 Å². The van der Waals surface area contributed by atoms with Crippen LogP contribution in [0.1, 0.15) is 82.0 Å². The van der Waals surface area contributed by atoms with Gasteiger partial charge in [-0.05, 0) is 81.6 Å². The van der Waals surface area contributed by atoms with Gasteiger partial charge in [0, 0.05) is 18.7 Å². The third kappa shape index (κ3) is 5.56. The highest BCUT2D eigenvalue weighted by Gasteiger charge is 2.46. The monoisotopic (exact) mass is 556 g/mol. The lowest BCUT2D eigenvalue weighted by molar-refractivity contribution is -0.150. The summed E-state index contributed by atoms with van der Waals surface area (Å²) in [5.41, 5.74) is -0.521. The van der Waals surface area contributed by atoms with Crippen molar-refractivity contribution in [2.24, 2.45) is 28.6 Å². The smallest absolute Gasteiger partial charge is 0.309 e. The van der Waals surface area contributed by atoms with Gasteiger partial charge in [-0.15, -0.1) is 0 Å². The highest BCUT2D eigenvalue weighted by molar-refractivity contribution is 5.98. The Morgan fingerprint density at radius 3 is 2.25 bits per heavy atom. The van der Waals surface area contributed by atoms with E-state index in [-0.39, 0.29) is 58.3 Å². The van der Waals surface area contributed by atoms with Gasteiger partial charge >= 0.3 is 5.97 Å². The minimum absolute atomic E-state index is 0.0294. The Kier molecular flexibility index (Phi) is 7.86. The summed E-state index contributed by atoms with van der Waals surface area (Å²) in [6, 6.07) is 2.12. The van der Waals surface area contributed by atoms with Crippen LogP contribution in [-0.4, -0.2) is 48.7 Å². The summed E-state index contributed by atoms with van der Waals surface area (Å²) in [6.45, 7) is 4.56. The molecule has 218 valence electrons. The number of carboxylic acid groups (broad SMARTS) is 1. The predicted molar refractivity (Wildman–Crippen MR) is 147 cm³/mol. The lowest BCUT2D eigenvalue weighted by Crippen LogP contribution is -2.57. The normalized spacial score (nSPS) is 32.0. The van der Waals surface area contributed by atoms with Gasteiger partial charge in [0.2, 0.25) is 5.91 Å². The number of carbonyl (C=O) groups is 3. The number of benzene rings is 1. The van der Waals surface area contributed by atoms with Crippen molar-refractivity contribution in [1.82, 2.24) is 10.6 Å². The van der Waals surface area contributed by atoms with Gasteiger partial charge < -0.3 is 25.2 Å². The highest BCUT2D eigenvalue weighted by Crippen LogP contribution is 2.43. The van der Waals surface area contributed by atoms with Crippen LogP contribution in [0.5, 0.6) is 11.5 Å². The Balaban J connectivity index is 1.31. The van der Waals surface area contributed by atoms with Crippen LogP contribution < -0.4 is 20.1 Å². The Labute approximate surface area is 235 Å². The highest BCUT2D eigenvalue weighted by atomic mass is 19.1. The molecule has 1 aromatic rings. The van der Waals surface area contributed by atoms with Crippen molar-refractivity contribution in [3.05, 3.63) is 35.7 Å². The van der Waals surface area contributed by atoms with E-state index in [1.807, 2.05) is 0 Å². The number of methoxy groups -OCH3 is 1. The number of aliphatic carboxylic acids is 1. The fourth-order valence-electron chi connectivity index (χ4n) is 6.86. The van der Waals surface area contributed by atoms with E-state index in [4.69, 9.17) is 9.47 Å². The summed E-state index contributed by atoms with van der Waals surface area (Å²) >= 11 is 0. The van der Waals surface area contributed by atoms with Crippen LogP contribution in [0, 0.1) is 34.4 Å². The molecule has 5 aliphatic rings. The minimum atomic E-state index is -0.837. The quantitative estimate of drug-likeness (QED) is 0.374. The molecule has 2 bridgehead atoms. The zero-order chi connectivity index (χ0) is 28.7. The van der Waals surface area contributed by atoms with Crippen molar-refractivity contribution in [2.75, 3.05) is 13.7 Å². The summed E-state index contributed by atoms with van der Waals surface area (Å²) in [5, 5.41) is 15.8. The fraction of sp³-hybridized carbons (Fsp3) is 0.645. The second kappa shape index (κ2) is 11.1. The zero-order valence-electron chi connectivity index (χ0n) is 23.6. The number of ether oxygens (including phenoxy) is 2. The molecule has 0 saturated heterocycles. The van der Waals surface area contributed by atoms with Gasteiger partial charge in [0.05, 0.1) is 30.1 Å². The van der Waals surface area contributed by atoms with Gasteiger partial charge in [0.15, 0.2) is 11.6 Å². The number of fused-ring (bicyclic) bond motifs is 2. The molecular weight excluding hydrogens is 515 g/mol. The molecule has 6 rings (SSSR count). The third-order valence-corrected chi connectivity index (χ3v) is 9.94. The summed E-state index contributed by atoms with van der Waals surface area (Å²) in [6.07, 6.45) is 10.9. The molecule has 0 heterocycles. The molecule has 9 heteroatoms. The first kappa shape index (κ1) is 28.4. The first-order valence-corrected chi connectivity index (χ1v) is 14.6. The van der Waals surface area contributed by atoms with E-state index in [9.17, 15) is 23.9 Å². The molecule has 1 aromatic carbocycles. The number of nitrogens with one attached hydrogen (secondary N) is 2. The van der Waals surface area contributed by atoms with E-state index in [0.29, 0.717) is 32.2 Å². The van der Waals surface area contributed by atoms with E-state index in [0.717, 1.165) is 31.7 Å². The molecule has 40 heavy (non-hydrogen) atoms. The van der Waals surface area contributed by atoms with Crippen LogP contribution in [0.25, 0.3) is 0 Å². The van der Waals surface area contributed by atoms with Crippen LogP contribution >= 0.6 is 0 Å². The van der Waals surface area contributed by atoms with Gasteiger partial charge in [0.25, 0.3) is 5.91 Å². The van der Waals surface area contributed by atoms with Gasteiger partial charge in [-0.25, -0.2) is 4.39 Å². The van der Waals surface area contributed by atoms with Gasteiger partial charge in [0.1, 0.15) is 5.75 Å². The Morgan fingerprint density at radius 1 is 1.00 bits per heavy atom. The molecule has 4 atom stereocenters. The van der Waals surface area contributed by atoms with Crippen molar-refractivity contribution in [2.45, 2.75) is 83.8 Å². The van der Waals surface area contributed by atoms with Crippen LogP contribution in [0.2, 0.25) is 0 Å². The molecular formula is C31H41FN2O6. The largest absolute Gasteiger partial charge is 0.496 e.